The van der Waals surface area contributed by atoms with Gasteiger partial charge < -0.3 is 14.7 Å². The topological polar surface area (TPSA) is 79.7 Å². The predicted octanol–water partition coefficient (Wildman–Crippen LogP) is 4.27. The molecule has 6 heteroatoms. The molecule has 1 unspecified atom stereocenters. The molecule has 3 aromatic rings. The number of aliphatic hydroxyl groups excluding tert-OH is 1. The molecule has 1 aromatic heterocycles. The second kappa shape index (κ2) is 9.06. The maximum atomic E-state index is 13.1. The second-order valence-electron chi connectivity index (χ2n) is 7.58. The number of methoxy groups -OCH3 is 1. The van der Waals surface area contributed by atoms with E-state index in [4.69, 9.17) is 4.74 Å². The second-order valence-corrected chi connectivity index (χ2v) is 7.58. The van der Waals surface area contributed by atoms with E-state index in [9.17, 15) is 14.7 Å². The Morgan fingerprint density at radius 2 is 1.81 bits per heavy atom. The summed E-state index contributed by atoms with van der Waals surface area (Å²) in [5.41, 5.74) is 3.07. The van der Waals surface area contributed by atoms with Gasteiger partial charge in [0.2, 0.25) is 0 Å². The van der Waals surface area contributed by atoms with Gasteiger partial charge >= 0.3 is 0 Å². The van der Waals surface area contributed by atoms with E-state index in [2.05, 4.69) is 4.98 Å². The number of aryl methyl sites for hydroxylation is 1. The van der Waals surface area contributed by atoms with Gasteiger partial charge in [-0.1, -0.05) is 55.5 Å². The molecule has 1 atom stereocenters. The van der Waals surface area contributed by atoms with Gasteiger partial charge in [-0.2, -0.15) is 0 Å². The molecule has 32 heavy (non-hydrogen) atoms. The summed E-state index contributed by atoms with van der Waals surface area (Å²) in [6.07, 6.45) is 4.10. The molecule has 6 nitrogen and oxygen atoms in total. The van der Waals surface area contributed by atoms with E-state index in [0.29, 0.717) is 16.9 Å². The van der Waals surface area contributed by atoms with Gasteiger partial charge in [0.15, 0.2) is 0 Å². The molecule has 1 aliphatic heterocycles. The number of nitrogens with zero attached hydrogens (tertiary/aromatic N) is 2. The number of carbonyl (C=O) groups is 2. The Labute approximate surface area is 186 Å². The number of para-hydroxylation sites is 1. The minimum Gasteiger partial charge on any atom is -0.507 e. The number of rotatable bonds is 6. The van der Waals surface area contributed by atoms with Gasteiger partial charge in [0.1, 0.15) is 11.5 Å². The van der Waals surface area contributed by atoms with Gasteiger partial charge in [-0.05, 0) is 29.7 Å². The van der Waals surface area contributed by atoms with E-state index >= 15 is 0 Å². The molecule has 0 aliphatic carbocycles. The predicted molar refractivity (Wildman–Crippen MR) is 121 cm³/mol. The Morgan fingerprint density at radius 3 is 2.47 bits per heavy atom. The third-order valence-corrected chi connectivity index (χ3v) is 5.71. The molecule has 4 rings (SSSR count). The van der Waals surface area contributed by atoms with E-state index in [1.807, 2.05) is 37.3 Å². The van der Waals surface area contributed by atoms with Gasteiger partial charge in [0, 0.05) is 23.5 Å². The highest BCUT2D eigenvalue weighted by molar-refractivity contribution is 6.46. The van der Waals surface area contributed by atoms with Crippen molar-refractivity contribution in [1.29, 1.82) is 0 Å². The van der Waals surface area contributed by atoms with Crippen LogP contribution in [0.25, 0.3) is 5.76 Å². The number of hydrogen-bond donors (Lipinski definition) is 1. The minimum absolute atomic E-state index is 0.0575. The van der Waals surface area contributed by atoms with Crippen LogP contribution in [0.15, 0.2) is 78.6 Å². The summed E-state index contributed by atoms with van der Waals surface area (Å²) >= 11 is 0. The maximum Gasteiger partial charge on any atom is 0.295 e. The van der Waals surface area contributed by atoms with Crippen molar-refractivity contribution < 1.29 is 19.4 Å². The van der Waals surface area contributed by atoms with Crippen LogP contribution in [0.3, 0.4) is 0 Å². The van der Waals surface area contributed by atoms with Crippen molar-refractivity contribution in [1.82, 2.24) is 9.88 Å². The van der Waals surface area contributed by atoms with Crippen molar-refractivity contribution in [3.8, 4) is 5.75 Å². The lowest BCUT2D eigenvalue weighted by atomic mass is 9.95. The molecule has 0 radical (unpaired) electrons. The summed E-state index contributed by atoms with van der Waals surface area (Å²) in [6.45, 7) is 2.19. The van der Waals surface area contributed by atoms with E-state index in [1.54, 1.807) is 49.8 Å². The zero-order chi connectivity index (χ0) is 22.7. The standard InChI is InChI=1S/C26H24N2O4/c1-3-17-10-12-18(13-11-17)24(29)22-23(19-8-6-14-27-15-19)28(26(31)25(22)30)16-20-7-4-5-9-21(20)32-2/h4-15,23,29H,3,16H2,1-2H3/b24-22+. The van der Waals surface area contributed by atoms with Crippen LogP contribution < -0.4 is 4.74 Å². The lowest BCUT2D eigenvalue weighted by Gasteiger charge is -2.25. The van der Waals surface area contributed by atoms with Crippen LogP contribution in [0.2, 0.25) is 0 Å². The summed E-state index contributed by atoms with van der Waals surface area (Å²) in [6, 6.07) is 17.5. The van der Waals surface area contributed by atoms with Crippen LogP contribution in [-0.2, 0) is 22.6 Å². The van der Waals surface area contributed by atoms with E-state index in [-0.39, 0.29) is 17.9 Å². The van der Waals surface area contributed by atoms with Gasteiger partial charge in [-0.15, -0.1) is 0 Å². The van der Waals surface area contributed by atoms with Gasteiger partial charge in [0.25, 0.3) is 11.7 Å². The average Bonchev–Trinajstić information content (AvgIpc) is 3.09. The number of carbonyl (C=O) groups excluding carboxylic acids is 2. The Hall–Kier alpha value is -3.93. The number of Topliss-reactive ketones (excluding diaryl/α,β-unsaturated/α-hetero) is 1. The summed E-state index contributed by atoms with van der Waals surface area (Å²) in [4.78, 5) is 31.9. The molecule has 1 saturated heterocycles. The first-order chi connectivity index (χ1) is 15.5. The Balaban J connectivity index is 1.84. The van der Waals surface area contributed by atoms with Gasteiger partial charge in [-0.3, -0.25) is 14.6 Å². The average molecular weight is 428 g/mol. The number of aliphatic hydroxyl groups is 1. The van der Waals surface area contributed by atoms with Crippen molar-refractivity contribution in [2.45, 2.75) is 25.9 Å². The van der Waals surface area contributed by atoms with Gasteiger partial charge in [0.05, 0.1) is 25.3 Å². The molecular formula is C26H24N2O4. The quantitative estimate of drug-likeness (QED) is 0.360. The van der Waals surface area contributed by atoms with Crippen LogP contribution in [0, 0.1) is 0 Å². The molecule has 0 saturated carbocycles. The molecule has 162 valence electrons. The Morgan fingerprint density at radius 1 is 1.06 bits per heavy atom. The number of amides is 1. The number of aromatic nitrogens is 1. The lowest BCUT2D eigenvalue weighted by molar-refractivity contribution is -0.140. The highest BCUT2D eigenvalue weighted by atomic mass is 16.5. The first-order valence-electron chi connectivity index (χ1n) is 10.4. The fraction of sp³-hybridized carbons (Fsp3) is 0.192. The zero-order valence-electron chi connectivity index (χ0n) is 18.0. The molecule has 1 aliphatic rings. The minimum atomic E-state index is -0.764. The Bertz CT molecular complexity index is 1170. The van der Waals surface area contributed by atoms with Crippen molar-refractivity contribution in [2.24, 2.45) is 0 Å². The number of ether oxygens (including phenoxy) is 1. The number of benzene rings is 2. The fourth-order valence-electron chi connectivity index (χ4n) is 4.00. The number of ketones is 1. The maximum absolute atomic E-state index is 13.1. The molecule has 0 bridgehead atoms. The van der Waals surface area contributed by atoms with Crippen molar-refractivity contribution in [3.05, 3.63) is 101 Å². The molecular weight excluding hydrogens is 404 g/mol. The normalized spacial score (nSPS) is 17.6. The van der Waals surface area contributed by atoms with Crippen molar-refractivity contribution >= 4 is 17.4 Å². The highest BCUT2D eigenvalue weighted by Crippen LogP contribution is 2.40. The summed E-state index contributed by atoms with van der Waals surface area (Å²) < 4.78 is 5.43. The van der Waals surface area contributed by atoms with Crippen LogP contribution in [0.1, 0.15) is 35.2 Å². The van der Waals surface area contributed by atoms with Crippen LogP contribution in [0.5, 0.6) is 5.75 Å². The van der Waals surface area contributed by atoms with E-state index in [0.717, 1.165) is 17.5 Å². The van der Waals surface area contributed by atoms with Crippen LogP contribution in [-0.4, -0.2) is 33.8 Å². The third kappa shape index (κ3) is 3.87. The molecule has 1 amide bonds. The molecule has 2 heterocycles. The number of hydrogen-bond acceptors (Lipinski definition) is 5. The van der Waals surface area contributed by atoms with Gasteiger partial charge in [-0.25, -0.2) is 0 Å². The Kier molecular flexibility index (Phi) is 6.03. The number of likely N-dealkylation sites (tertiary alicyclic amines) is 1. The summed E-state index contributed by atoms with van der Waals surface area (Å²) in [5.74, 6) is -0.959. The zero-order valence-corrected chi connectivity index (χ0v) is 18.0. The van der Waals surface area contributed by atoms with E-state index in [1.165, 1.54) is 4.90 Å². The highest BCUT2D eigenvalue weighted by Gasteiger charge is 2.46. The third-order valence-electron chi connectivity index (χ3n) is 5.71. The smallest absolute Gasteiger partial charge is 0.295 e. The van der Waals surface area contributed by atoms with Crippen molar-refractivity contribution in [2.75, 3.05) is 7.11 Å². The van der Waals surface area contributed by atoms with Crippen molar-refractivity contribution in [3.63, 3.8) is 0 Å². The largest absolute Gasteiger partial charge is 0.507 e. The summed E-state index contributed by atoms with van der Waals surface area (Å²) in [5, 5.41) is 11.1. The lowest BCUT2D eigenvalue weighted by Crippen LogP contribution is -2.29. The first kappa shape index (κ1) is 21.3. The van der Waals surface area contributed by atoms with Crippen LogP contribution in [0.4, 0.5) is 0 Å². The first-order valence-corrected chi connectivity index (χ1v) is 10.4. The number of pyridine rings is 1. The molecule has 0 spiro atoms. The fourth-order valence-corrected chi connectivity index (χ4v) is 4.00. The van der Waals surface area contributed by atoms with Crippen LogP contribution >= 0.6 is 0 Å². The monoisotopic (exact) mass is 428 g/mol. The van der Waals surface area contributed by atoms with E-state index < -0.39 is 17.7 Å². The molecule has 1 N–H and O–H groups in total. The molecule has 2 aromatic carbocycles. The summed E-state index contributed by atoms with van der Waals surface area (Å²) in [7, 11) is 1.56. The SMILES string of the molecule is CCc1ccc(/C(O)=C2\C(=O)C(=O)N(Cc3ccccc3OC)C2c2cccnc2)cc1. The molecule has 1 fully saturated rings.